The number of aryl methyl sites for hydroxylation is 1. The second-order valence-corrected chi connectivity index (χ2v) is 17.7. The van der Waals surface area contributed by atoms with Gasteiger partial charge in [-0.15, -0.1) is 0 Å². The SMILES string of the molecule is CC1=NC(CCc2ccc(OCCCC3CCCCC3)c(C(F)(F)F)c2)(COP(=O)(C(C)(C)C)C(C)(C)C)CO1. The molecule has 3 rings (SSSR count). The Hall–Kier alpha value is -1.53. The lowest BCUT2D eigenvalue weighted by molar-refractivity contribution is -0.139. The molecule has 0 aromatic heterocycles. The molecule has 1 unspecified atom stereocenters. The molecule has 1 saturated carbocycles. The molecular weight excluding hydrogens is 538 g/mol. The second-order valence-electron chi connectivity index (χ2n) is 13.6. The summed E-state index contributed by atoms with van der Waals surface area (Å²) in [5.74, 6) is 1.05. The summed E-state index contributed by atoms with van der Waals surface area (Å²) in [7, 11) is -3.15. The summed E-state index contributed by atoms with van der Waals surface area (Å²) in [5, 5.41) is -1.17. The van der Waals surface area contributed by atoms with Crippen LogP contribution in [0.25, 0.3) is 0 Å². The Morgan fingerprint density at radius 2 is 1.70 bits per heavy atom. The number of rotatable bonds is 11. The predicted octanol–water partition coefficient (Wildman–Crippen LogP) is 9.46. The van der Waals surface area contributed by atoms with Gasteiger partial charge < -0.3 is 14.0 Å². The van der Waals surface area contributed by atoms with E-state index in [0.717, 1.165) is 12.8 Å². The zero-order chi connectivity index (χ0) is 29.8. The van der Waals surface area contributed by atoms with Crippen LogP contribution in [0.5, 0.6) is 5.75 Å². The van der Waals surface area contributed by atoms with Crippen LogP contribution in [0.1, 0.15) is 111 Å². The third-order valence-corrected chi connectivity index (χ3v) is 12.2. The van der Waals surface area contributed by atoms with Crippen LogP contribution in [0.2, 0.25) is 0 Å². The zero-order valence-electron chi connectivity index (χ0n) is 25.5. The van der Waals surface area contributed by atoms with Gasteiger partial charge in [-0.3, -0.25) is 4.57 Å². The van der Waals surface area contributed by atoms with Gasteiger partial charge in [0.1, 0.15) is 17.9 Å². The first-order chi connectivity index (χ1) is 18.5. The Kier molecular flexibility index (Phi) is 10.5. The molecule has 1 heterocycles. The summed E-state index contributed by atoms with van der Waals surface area (Å²) in [6.07, 6.45) is 4.20. The number of nitrogens with zero attached hydrogens (tertiary/aromatic N) is 1. The summed E-state index contributed by atoms with van der Waals surface area (Å²) in [6, 6.07) is 4.32. The van der Waals surface area contributed by atoms with E-state index in [1.807, 2.05) is 41.5 Å². The maximum atomic E-state index is 14.1. The highest BCUT2D eigenvalue weighted by Gasteiger charge is 2.50. The van der Waals surface area contributed by atoms with E-state index in [1.54, 1.807) is 13.0 Å². The van der Waals surface area contributed by atoms with Crippen LogP contribution in [0.4, 0.5) is 13.2 Å². The molecule has 1 aliphatic carbocycles. The molecule has 5 nitrogen and oxygen atoms in total. The Labute approximate surface area is 239 Å². The Morgan fingerprint density at radius 3 is 2.25 bits per heavy atom. The molecule has 0 radical (unpaired) electrons. The fraction of sp³-hybridized carbons (Fsp3) is 0.774. The van der Waals surface area contributed by atoms with Crippen LogP contribution >= 0.6 is 7.37 Å². The van der Waals surface area contributed by atoms with Gasteiger partial charge in [0, 0.05) is 17.2 Å². The van der Waals surface area contributed by atoms with Crippen molar-refractivity contribution in [3.8, 4) is 5.75 Å². The zero-order valence-corrected chi connectivity index (χ0v) is 26.4. The molecule has 2 aliphatic rings. The predicted molar refractivity (Wildman–Crippen MR) is 156 cm³/mol. The fourth-order valence-electron chi connectivity index (χ4n) is 6.00. The van der Waals surface area contributed by atoms with Crippen LogP contribution in [-0.2, 0) is 26.4 Å². The third kappa shape index (κ3) is 8.27. The highest BCUT2D eigenvalue weighted by Crippen LogP contribution is 2.67. The van der Waals surface area contributed by atoms with E-state index < -0.39 is 35.0 Å². The van der Waals surface area contributed by atoms with Crippen molar-refractivity contribution in [3.05, 3.63) is 29.3 Å². The molecule has 0 amide bonds. The Morgan fingerprint density at radius 1 is 1.05 bits per heavy atom. The molecule has 9 heteroatoms. The van der Waals surface area contributed by atoms with E-state index in [4.69, 9.17) is 14.0 Å². The molecule has 40 heavy (non-hydrogen) atoms. The van der Waals surface area contributed by atoms with Crippen LogP contribution in [0.3, 0.4) is 0 Å². The van der Waals surface area contributed by atoms with E-state index in [2.05, 4.69) is 4.99 Å². The standard InChI is InChI=1S/C31H49F3NO4P/c1-23-35-30(21-38-23,22-39-40(36,28(2,3)4)29(5,6)7)18-17-25-15-16-27(26(20-25)31(32,33)34)37-19-11-14-24-12-9-8-10-13-24/h15-16,20,24H,8-14,17-19,21-22H2,1-7H3. The molecule has 1 fully saturated rings. The Bertz CT molecular complexity index is 1050. The normalized spacial score (nSPS) is 21.3. The molecule has 1 aliphatic heterocycles. The van der Waals surface area contributed by atoms with Crippen molar-refractivity contribution in [1.29, 1.82) is 0 Å². The smallest absolute Gasteiger partial charge is 0.419 e. The minimum Gasteiger partial charge on any atom is -0.493 e. The first-order valence-electron chi connectivity index (χ1n) is 14.7. The van der Waals surface area contributed by atoms with E-state index in [9.17, 15) is 17.7 Å². The van der Waals surface area contributed by atoms with Gasteiger partial charge in [-0.2, -0.15) is 13.2 Å². The highest BCUT2D eigenvalue weighted by molar-refractivity contribution is 7.62. The molecule has 0 spiro atoms. The number of benzene rings is 1. The summed E-state index contributed by atoms with van der Waals surface area (Å²) in [6.45, 7) is 13.8. The van der Waals surface area contributed by atoms with Crippen molar-refractivity contribution in [3.63, 3.8) is 0 Å². The summed E-state index contributed by atoms with van der Waals surface area (Å²) in [4.78, 5) is 4.68. The summed E-state index contributed by atoms with van der Waals surface area (Å²) >= 11 is 0. The van der Waals surface area contributed by atoms with Gasteiger partial charge in [-0.25, -0.2) is 4.99 Å². The van der Waals surface area contributed by atoms with E-state index in [0.29, 0.717) is 30.2 Å². The van der Waals surface area contributed by atoms with Crippen molar-refractivity contribution in [2.24, 2.45) is 10.9 Å². The number of halogens is 3. The van der Waals surface area contributed by atoms with Crippen LogP contribution < -0.4 is 4.74 Å². The van der Waals surface area contributed by atoms with Gasteiger partial charge in [0.15, 0.2) is 5.90 Å². The fourth-order valence-corrected chi connectivity index (χ4v) is 9.21. The molecular formula is C31H49F3NO4P. The van der Waals surface area contributed by atoms with Gasteiger partial charge in [0.05, 0.1) is 18.8 Å². The highest BCUT2D eigenvalue weighted by atomic mass is 31.2. The molecule has 228 valence electrons. The average Bonchev–Trinajstić information content (AvgIpc) is 3.24. The van der Waals surface area contributed by atoms with Gasteiger partial charge >= 0.3 is 6.18 Å². The first kappa shape index (κ1) is 33.0. The van der Waals surface area contributed by atoms with E-state index in [1.165, 1.54) is 44.2 Å². The number of hydrogen-bond donors (Lipinski definition) is 0. The molecule has 1 atom stereocenters. The monoisotopic (exact) mass is 587 g/mol. The van der Waals surface area contributed by atoms with Crippen molar-refractivity contribution >= 4 is 13.3 Å². The molecule has 1 aromatic carbocycles. The van der Waals surface area contributed by atoms with Gasteiger partial charge in [0.25, 0.3) is 0 Å². The second kappa shape index (κ2) is 12.8. The average molecular weight is 588 g/mol. The number of hydrogen-bond acceptors (Lipinski definition) is 5. The van der Waals surface area contributed by atoms with Crippen LogP contribution in [-0.4, -0.2) is 41.6 Å². The lowest BCUT2D eigenvalue weighted by Gasteiger charge is -2.41. The molecule has 0 bridgehead atoms. The van der Waals surface area contributed by atoms with E-state index >= 15 is 0 Å². The van der Waals surface area contributed by atoms with Crippen LogP contribution in [0, 0.1) is 5.92 Å². The summed E-state index contributed by atoms with van der Waals surface area (Å²) < 4.78 is 73.6. The lowest BCUT2D eigenvalue weighted by atomic mass is 9.86. The summed E-state index contributed by atoms with van der Waals surface area (Å²) in [5.41, 5.74) is -1.03. The topological polar surface area (TPSA) is 57.1 Å². The number of ether oxygens (including phenoxy) is 2. The van der Waals surface area contributed by atoms with Gasteiger partial charge in [0.2, 0.25) is 7.37 Å². The Balaban J connectivity index is 1.70. The number of aliphatic imine (C=N–C) groups is 1. The van der Waals surface area contributed by atoms with Crippen LogP contribution in [0.15, 0.2) is 23.2 Å². The minimum atomic E-state index is -4.52. The minimum absolute atomic E-state index is 0.0739. The van der Waals surface area contributed by atoms with Crippen molar-refractivity contribution in [2.45, 2.75) is 128 Å². The number of alkyl halides is 3. The van der Waals surface area contributed by atoms with Gasteiger partial charge in [-0.1, -0.05) is 79.7 Å². The van der Waals surface area contributed by atoms with Crippen molar-refractivity contribution < 1.29 is 31.7 Å². The third-order valence-electron chi connectivity index (χ3n) is 8.19. The molecule has 0 saturated heterocycles. The maximum absolute atomic E-state index is 14.1. The maximum Gasteiger partial charge on any atom is 0.419 e. The molecule has 1 aromatic rings. The largest absolute Gasteiger partial charge is 0.493 e. The van der Waals surface area contributed by atoms with Crippen molar-refractivity contribution in [2.75, 3.05) is 19.8 Å². The molecule has 0 N–H and O–H groups in total. The van der Waals surface area contributed by atoms with E-state index in [-0.39, 0.29) is 25.6 Å². The quantitative estimate of drug-likeness (QED) is 0.191. The van der Waals surface area contributed by atoms with Crippen molar-refractivity contribution in [1.82, 2.24) is 0 Å². The lowest BCUT2D eigenvalue weighted by Crippen LogP contribution is -2.38. The van der Waals surface area contributed by atoms with Gasteiger partial charge in [-0.05, 0) is 49.3 Å². The first-order valence-corrected chi connectivity index (χ1v) is 16.4.